The van der Waals surface area contributed by atoms with Gasteiger partial charge in [-0.2, -0.15) is 9.07 Å². The Morgan fingerprint density at radius 3 is 2.71 bits per heavy atom. The summed E-state index contributed by atoms with van der Waals surface area (Å²) in [7, 11) is 0. The number of nitrogens with one attached hydrogen (secondary N) is 1. The number of aromatic amines is 1. The van der Waals surface area contributed by atoms with Gasteiger partial charge >= 0.3 is 11.7 Å². The quantitative estimate of drug-likeness (QED) is 0.364. The number of urea groups is 1. The molecule has 0 spiro atoms. The molecule has 1 aromatic rings. The van der Waals surface area contributed by atoms with Crippen molar-refractivity contribution < 1.29 is 14.4 Å². The highest BCUT2D eigenvalue weighted by Crippen LogP contribution is 1.84. The van der Waals surface area contributed by atoms with Gasteiger partial charge in [0.05, 0.1) is 6.20 Å². The zero-order chi connectivity index (χ0) is 10.9. The summed E-state index contributed by atoms with van der Waals surface area (Å²) < 4.78 is 12.7. The Morgan fingerprint density at radius 2 is 2.21 bits per heavy atom. The fourth-order valence-electron chi connectivity index (χ4n) is 0.686. The molecule has 14 heavy (non-hydrogen) atoms. The minimum Gasteiger partial charge on any atom is -0.348 e. The smallest absolute Gasteiger partial charge is 0.348 e. The zero-order valence-corrected chi connectivity index (χ0v) is 6.60. The van der Waals surface area contributed by atoms with Gasteiger partial charge in [0.25, 0.3) is 5.56 Å². The number of nitrogens with zero attached hydrogens (tertiary/aromatic N) is 2. The molecule has 1 heterocycles. The molecule has 0 unspecified atom stereocenters. The van der Waals surface area contributed by atoms with Crippen molar-refractivity contribution in [3.8, 4) is 0 Å². The molecule has 4 N–H and O–H groups in total. The summed E-state index contributed by atoms with van der Waals surface area (Å²) in [6, 6.07) is -1.40. The molecule has 0 radical (unpaired) electrons. The fourth-order valence-corrected chi connectivity index (χ4v) is 0.686. The number of primary amides is 1. The van der Waals surface area contributed by atoms with E-state index >= 15 is 0 Å². The lowest BCUT2D eigenvalue weighted by atomic mass is 10.6. The van der Waals surface area contributed by atoms with Crippen LogP contribution in [0.2, 0.25) is 0 Å². The highest BCUT2D eigenvalue weighted by molar-refractivity contribution is 5.79. The van der Waals surface area contributed by atoms with Crippen LogP contribution in [-0.2, 0) is 0 Å². The number of carbonyl (C=O) groups is 1. The number of nitrogens with two attached hydrogens (primary N) is 1. The van der Waals surface area contributed by atoms with Gasteiger partial charge in [-0.3, -0.25) is 15.0 Å². The number of amides is 2. The van der Waals surface area contributed by atoms with Gasteiger partial charge < -0.3 is 5.73 Å². The van der Waals surface area contributed by atoms with E-state index in [1.807, 2.05) is 0 Å². The Hall–Kier alpha value is -2.16. The molecule has 0 fully saturated rings. The average molecular weight is 204 g/mol. The van der Waals surface area contributed by atoms with Gasteiger partial charge in [0, 0.05) is 0 Å². The van der Waals surface area contributed by atoms with Crippen LogP contribution in [0.5, 0.6) is 0 Å². The Kier molecular flexibility index (Phi) is 2.34. The first-order valence-electron chi connectivity index (χ1n) is 3.23. The second-order valence-electron chi connectivity index (χ2n) is 2.21. The Balaban J connectivity index is 3.37. The van der Waals surface area contributed by atoms with Crippen LogP contribution in [0.1, 0.15) is 0 Å². The molecule has 8 nitrogen and oxygen atoms in total. The third-order valence-electron chi connectivity index (χ3n) is 1.28. The normalized spacial score (nSPS) is 9.86. The Labute approximate surface area is 74.9 Å². The lowest BCUT2D eigenvalue weighted by molar-refractivity contribution is 0.166. The Morgan fingerprint density at radius 1 is 1.64 bits per heavy atom. The van der Waals surface area contributed by atoms with E-state index in [1.165, 1.54) is 4.98 Å². The monoisotopic (exact) mass is 204 g/mol. The summed E-state index contributed by atoms with van der Waals surface area (Å²) in [6.45, 7) is 0. The minimum atomic E-state index is -1.40. The van der Waals surface area contributed by atoms with Gasteiger partial charge in [-0.15, -0.1) is 0 Å². The lowest BCUT2D eigenvalue weighted by Crippen LogP contribution is -2.49. The molecule has 0 aliphatic rings. The number of hydroxylamine groups is 1. The highest BCUT2D eigenvalue weighted by Gasteiger charge is 2.12. The number of H-pyrrole nitrogens is 1. The maximum atomic E-state index is 12.6. The van der Waals surface area contributed by atoms with E-state index < -0.39 is 23.1 Å². The van der Waals surface area contributed by atoms with Gasteiger partial charge in [-0.25, -0.2) is 9.59 Å². The molecule has 0 saturated heterocycles. The summed E-state index contributed by atoms with van der Waals surface area (Å²) in [4.78, 5) is 33.3. The van der Waals surface area contributed by atoms with Crippen LogP contribution >= 0.6 is 0 Å². The number of aromatic nitrogens is 2. The SMILES string of the molecule is NC(=O)N(O)n1cc(F)c(=O)[nH]c1=O. The van der Waals surface area contributed by atoms with Crippen molar-refractivity contribution in [3.05, 3.63) is 32.9 Å². The van der Waals surface area contributed by atoms with Crippen LogP contribution in [0.15, 0.2) is 15.8 Å². The second-order valence-corrected chi connectivity index (χ2v) is 2.21. The lowest BCUT2D eigenvalue weighted by Gasteiger charge is -2.12. The molecular weight excluding hydrogens is 199 g/mol. The summed E-state index contributed by atoms with van der Waals surface area (Å²) in [5.41, 5.74) is 2.13. The molecular formula is C5H5FN4O4. The largest absolute Gasteiger partial charge is 0.359 e. The van der Waals surface area contributed by atoms with E-state index in [4.69, 9.17) is 5.21 Å². The van der Waals surface area contributed by atoms with Crippen molar-refractivity contribution in [2.75, 3.05) is 5.17 Å². The predicted octanol–water partition coefficient (Wildman–Crippen LogP) is -1.92. The molecule has 0 aliphatic carbocycles. The minimum absolute atomic E-state index is 0.110. The standard InChI is InChI=1S/C5H5FN4O4/c6-2-1-9(10(14)4(7)12)5(13)8-3(2)11/h1,14H,(H2,7,12)(H,8,11,13). The van der Waals surface area contributed by atoms with Crippen molar-refractivity contribution in [2.24, 2.45) is 5.73 Å². The van der Waals surface area contributed by atoms with Gasteiger partial charge in [0.2, 0.25) is 5.82 Å². The summed E-state index contributed by atoms with van der Waals surface area (Å²) in [6.07, 6.45) is 0.325. The van der Waals surface area contributed by atoms with Crippen LogP contribution in [0.25, 0.3) is 0 Å². The van der Waals surface area contributed by atoms with E-state index in [1.54, 1.807) is 0 Å². The van der Waals surface area contributed by atoms with Crippen molar-refractivity contribution in [1.29, 1.82) is 0 Å². The molecule has 76 valence electrons. The third kappa shape index (κ3) is 1.61. The second kappa shape index (κ2) is 3.30. The maximum absolute atomic E-state index is 12.6. The fraction of sp³-hybridized carbons (Fsp3) is 0. The molecule has 0 aliphatic heterocycles. The van der Waals surface area contributed by atoms with E-state index in [9.17, 15) is 18.8 Å². The van der Waals surface area contributed by atoms with Crippen LogP contribution in [0, 0.1) is 5.82 Å². The summed E-state index contributed by atoms with van der Waals surface area (Å²) in [5.74, 6) is -1.34. The first kappa shape index (κ1) is 9.92. The van der Waals surface area contributed by atoms with Crippen LogP contribution in [-0.4, -0.2) is 20.9 Å². The number of carbonyl (C=O) groups excluding carboxylic acids is 1. The van der Waals surface area contributed by atoms with E-state index in [-0.39, 0.29) is 9.85 Å². The number of rotatable bonds is 1. The molecule has 2 amide bonds. The first-order chi connectivity index (χ1) is 6.43. The predicted molar refractivity (Wildman–Crippen MR) is 40.9 cm³/mol. The highest BCUT2D eigenvalue weighted by atomic mass is 19.1. The van der Waals surface area contributed by atoms with E-state index in [0.717, 1.165) is 0 Å². The van der Waals surface area contributed by atoms with E-state index in [0.29, 0.717) is 6.20 Å². The molecule has 0 saturated carbocycles. The van der Waals surface area contributed by atoms with E-state index in [2.05, 4.69) is 5.73 Å². The van der Waals surface area contributed by atoms with Crippen molar-refractivity contribution in [1.82, 2.24) is 9.66 Å². The van der Waals surface area contributed by atoms with Gasteiger partial charge in [0.1, 0.15) is 0 Å². The Bertz CT molecular complexity index is 477. The summed E-state index contributed by atoms with van der Waals surface area (Å²) in [5, 5.41) is 8.48. The van der Waals surface area contributed by atoms with Gasteiger partial charge in [-0.05, 0) is 0 Å². The third-order valence-corrected chi connectivity index (χ3v) is 1.28. The van der Waals surface area contributed by atoms with Crippen molar-refractivity contribution >= 4 is 6.03 Å². The number of halogens is 1. The van der Waals surface area contributed by atoms with Crippen molar-refractivity contribution in [2.45, 2.75) is 0 Å². The van der Waals surface area contributed by atoms with Crippen LogP contribution in [0.3, 0.4) is 0 Å². The molecule has 1 rings (SSSR count). The molecule has 0 aromatic carbocycles. The average Bonchev–Trinajstić information content (AvgIpc) is 2.10. The summed E-state index contributed by atoms with van der Waals surface area (Å²) >= 11 is 0. The van der Waals surface area contributed by atoms with Crippen LogP contribution < -0.4 is 22.2 Å². The van der Waals surface area contributed by atoms with Crippen molar-refractivity contribution in [3.63, 3.8) is 0 Å². The number of hydrogen-bond acceptors (Lipinski definition) is 4. The molecule has 1 aromatic heterocycles. The molecule has 0 atom stereocenters. The molecule has 9 heteroatoms. The van der Waals surface area contributed by atoms with Crippen LogP contribution in [0.4, 0.5) is 9.18 Å². The van der Waals surface area contributed by atoms with Gasteiger partial charge in [0.15, 0.2) is 0 Å². The maximum Gasteiger partial charge on any atom is 0.359 e. The topological polar surface area (TPSA) is 121 Å². The molecule has 0 bridgehead atoms. The van der Waals surface area contributed by atoms with Gasteiger partial charge in [-0.1, -0.05) is 5.17 Å². The first-order valence-corrected chi connectivity index (χ1v) is 3.23. The number of hydrogen-bond donors (Lipinski definition) is 3. The zero-order valence-electron chi connectivity index (χ0n) is 6.60.